The van der Waals surface area contributed by atoms with E-state index in [-0.39, 0.29) is 12.7 Å². The molecule has 0 unspecified atom stereocenters. The zero-order chi connectivity index (χ0) is 25.4. The van der Waals surface area contributed by atoms with E-state index in [1.165, 1.54) is 5.56 Å². The summed E-state index contributed by atoms with van der Waals surface area (Å²) in [5.41, 5.74) is 5.98. The number of aryl methyl sites for hydroxylation is 3. The number of piperazine rings is 1. The summed E-state index contributed by atoms with van der Waals surface area (Å²) in [7, 11) is 0. The molecule has 0 radical (unpaired) electrons. The highest BCUT2D eigenvalue weighted by Gasteiger charge is 2.23. The molecule has 3 aromatic rings. The summed E-state index contributed by atoms with van der Waals surface area (Å²) in [6, 6.07) is 8.19. The topological polar surface area (TPSA) is 64.4 Å². The average molecular weight is 491 g/mol. The fourth-order valence-electron chi connectivity index (χ4n) is 5.01. The van der Waals surface area contributed by atoms with Crippen molar-refractivity contribution in [2.75, 3.05) is 39.6 Å². The Bertz CT molecular complexity index is 1330. The average Bonchev–Trinajstić information content (AvgIpc) is 3.45. The number of ether oxygens (including phenoxy) is 3. The van der Waals surface area contributed by atoms with Crippen LogP contribution < -0.4 is 14.2 Å². The lowest BCUT2D eigenvalue weighted by Gasteiger charge is -2.34. The molecular weight excluding hydrogens is 456 g/mol. The molecule has 190 valence electrons. The molecule has 1 aromatic heterocycles. The molecule has 1 saturated heterocycles. The largest absolute Gasteiger partial charge is 0.493 e. The molecule has 0 saturated carbocycles. The third-order valence-electron chi connectivity index (χ3n) is 7.23. The van der Waals surface area contributed by atoms with E-state index in [4.69, 9.17) is 18.6 Å². The molecule has 1 fully saturated rings. The summed E-state index contributed by atoms with van der Waals surface area (Å²) in [4.78, 5) is 17.5. The van der Waals surface area contributed by atoms with Crippen LogP contribution in [0.15, 0.2) is 34.8 Å². The number of benzene rings is 2. The maximum absolute atomic E-state index is 13.2. The van der Waals surface area contributed by atoms with Crippen LogP contribution >= 0.6 is 0 Å². The lowest BCUT2D eigenvalue weighted by Crippen LogP contribution is -2.47. The minimum absolute atomic E-state index is 0.0375. The highest BCUT2D eigenvalue weighted by atomic mass is 16.7. The van der Waals surface area contributed by atoms with Gasteiger partial charge in [0.1, 0.15) is 17.1 Å². The second-order valence-electron chi connectivity index (χ2n) is 9.59. The Morgan fingerprint density at radius 2 is 1.78 bits per heavy atom. The second kappa shape index (κ2) is 9.90. The van der Waals surface area contributed by atoms with E-state index in [2.05, 4.69) is 24.0 Å². The van der Waals surface area contributed by atoms with Crippen molar-refractivity contribution in [2.45, 2.75) is 41.2 Å². The first-order valence-electron chi connectivity index (χ1n) is 12.6. The van der Waals surface area contributed by atoms with Gasteiger partial charge in [-0.3, -0.25) is 9.69 Å². The van der Waals surface area contributed by atoms with Crippen molar-refractivity contribution in [3.05, 3.63) is 58.4 Å². The van der Waals surface area contributed by atoms with Gasteiger partial charge in [-0.2, -0.15) is 0 Å². The van der Waals surface area contributed by atoms with Crippen molar-refractivity contribution < 1.29 is 23.4 Å². The number of amides is 1. The van der Waals surface area contributed by atoms with Crippen molar-refractivity contribution in [3.63, 3.8) is 0 Å². The minimum Gasteiger partial charge on any atom is -0.493 e. The first-order valence-corrected chi connectivity index (χ1v) is 12.6. The zero-order valence-electron chi connectivity index (χ0n) is 21.8. The number of rotatable bonds is 6. The summed E-state index contributed by atoms with van der Waals surface area (Å²) < 4.78 is 22.9. The Hall–Kier alpha value is -3.45. The molecule has 3 heterocycles. The van der Waals surface area contributed by atoms with Crippen molar-refractivity contribution in [3.8, 4) is 17.2 Å². The number of carbonyl (C=O) groups excluding carboxylic acids is 1. The van der Waals surface area contributed by atoms with E-state index in [1.807, 2.05) is 44.7 Å². The Kier molecular flexibility index (Phi) is 6.67. The van der Waals surface area contributed by atoms with Crippen molar-refractivity contribution in [1.82, 2.24) is 9.80 Å². The predicted molar refractivity (Wildman–Crippen MR) is 140 cm³/mol. The van der Waals surface area contributed by atoms with Gasteiger partial charge in [-0.25, -0.2) is 0 Å². The Morgan fingerprint density at radius 3 is 2.53 bits per heavy atom. The van der Waals surface area contributed by atoms with Crippen LogP contribution in [0.5, 0.6) is 17.2 Å². The molecule has 0 N–H and O–H groups in total. The molecule has 0 bridgehead atoms. The molecule has 7 nitrogen and oxygen atoms in total. The monoisotopic (exact) mass is 490 g/mol. The number of allylic oxidation sites excluding steroid dienone is 1. The maximum atomic E-state index is 13.2. The normalized spacial score (nSPS) is 16.1. The third-order valence-corrected chi connectivity index (χ3v) is 7.23. The fourth-order valence-corrected chi connectivity index (χ4v) is 5.01. The van der Waals surface area contributed by atoms with Gasteiger partial charge in [0, 0.05) is 55.3 Å². The number of hydrogen-bond donors (Lipinski definition) is 0. The molecule has 2 aromatic carbocycles. The number of furan rings is 1. The Morgan fingerprint density at radius 1 is 1.03 bits per heavy atom. The molecule has 2 aliphatic rings. The van der Waals surface area contributed by atoms with Crippen LogP contribution in [0.4, 0.5) is 0 Å². The van der Waals surface area contributed by atoms with Crippen molar-refractivity contribution in [2.24, 2.45) is 0 Å². The van der Waals surface area contributed by atoms with E-state index < -0.39 is 0 Å². The number of fused-ring (bicyclic) bond motifs is 2. The van der Waals surface area contributed by atoms with Crippen LogP contribution in [0.3, 0.4) is 0 Å². The van der Waals surface area contributed by atoms with Crippen LogP contribution in [-0.4, -0.2) is 55.3 Å². The quantitative estimate of drug-likeness (QED) is 0.441. The lowest BCUT2D eigenvalue weighted by molar-refractivity contribution is -0.127. The van der Waals surface area contributed by atoms with Gasteiger partial charge in [0.2, 0.25) is 12.7 Å². The van der Waals surface area contributed by atoms with Crippen molar-refractivity contribution in [1.29, 1.82) is 0 Å². The van der Waals surface area contributed by atoms with Gasteiger partial charge >= 0.3 is 0 Å². The predicted octanol–water partition coefficient (Wildman–Crippen LogP) is 5.23. The van der Waals surface area contributed by atoms with Gasteiger partial charge in [0.05, 0.1) is 6.61 Å². The SMILES string of the molecule is CCOc1c(/C(C)=C/C(=O)N2CCN(Cc3ccc4c(c3)OCO4)CC2)cc2c(C)c(C)oc2c1C. The summed E-state index contributed by atoms with van der Waals surface area (Å²) in [6.07, 6.45) is 1.75. The number of carbonyl (C=O) groups is 1. The molecule has 5 rings (SSSR count). The van der Waals surface area contributed by atoms with Crippen LogP contribution in [0.25, 0.3) is 16.5 Å². The van der Waals surface area contributed by atoms with Gasteiger partial charge < -0.3 is 23.5 Å². The summed E-state index contributed by atoms with van der Waals surface area (Å²) in [5.74, 6) is 3.34. The van der Waals surface area contributed by atoms with Crippen LogP contribution in [-0.2, 0) is 11.3 Å². The summed E-state index contributed by atoms with van der Waals surface area (Å²) in [5, 5.41) is 1.07. The first kappa shape index (κ1) is 24.3. The molecule has 1 amide bonds. The summed E-state index contributed by atoms with van der Waals surface area (Å²) in [6.45, 7) is 14.7. The van der Waals surface area contributed by atoms with Gasteiger partial charge in [-0.15, -0.1) is 0 Å². The van der Waals surface area contributed by atoms with Gasteiger partial charge in [0.15, 0.2) is 11.5 Å². The zero-order valence-corrected chi connectivity index (χ0v) is 21.8. The smallest absolute Gasteiger partial charge is 0.246 e. The maximum Gasteiger partial charge on any atom is 0.246 e. The molecule has 0 aliphatic carbocycles. The molecular formula is C29H34N2O5. The second-order valence-corrected chi connectivity index (χ2v) is 9.59. The van der Waals surface area contributed by atoms with Gasteiger partial charge in [-0.05, 0) is 69.5 Å². The standard InChI is InChI=1S/C29H34N2O5/c1-6-33-28-20(4)29-24(19(3)21(5)36-29)15-23(28)18(2)13-27(32)31-11-9-30(10-12-31)16-22-7-8-25-26(14-22)35-17-34-25/h7-8,13-15H,6,9-12,16-17H2,1-5H3/b18-13+. The van der Waals surface area contributed by atoms with E-state index in [1.54, 1.807) is 6.08 Å². The minimum atomic E-state index is 0.0375. The first-order chi connectivity index (χ1) is 17.4. The molecule has 0 atom stereocenters. The van der Waals surface area contributed by atoms with Crippen LogP contribution in [0, 0.1) is 20.8 Å². The molecule has 0 spiro atoms. The number of nitrogens with zero attached hydrogens (tertiary/aromatic N) is 2. The van der Waals surface area contributed by atoms with Crippen LogP contribution in [0.1, 0.15) is 41.9 Å². The Balaban J connectivity index is 1.29. The highest BCUT2D eigenvalue weighted by molar-refractivity contribution is 5.98. The van der Waals surface area contributed by atoms with Crippen LogP contribution in [0.2, 0.25) is 0 Å². The van der Waals surface area contributed by atoms with E-state index in [9.17, 15) is 4.79 Å². The molecule has 7 heteroatoms. The van der Waals surface area contributed by atoms with E-state index >= 15 is 0 Å². The highest BCUT2D eigenvalue weighted by Crippen LogP contribution is 2.39. The van der Waals surface area contributed by atoms with Crippen molar-refractivity contribution >= 4 is 22.4 Å². The lowest BCUT2D eigenvalue weighted by atomic mass is 9.98. The summed E-state index contributed by atoms with van der Waals surface area (Å²) >= 11 is 0. The fraction of sp³-hybridized carbons (Fsp3) is 0.414. The van der Waals surface area contributed by atoms with Gasteiger partial charge in [-0.1, -0.05) is 6.07 Å². The Labute approximate surface area is 212 Å². The molecule has 2 aliphatic heterocycles. The van der Waals surface area contributed by atoms with E-state index in [0.717, 1.165) is 75.9 Å². The van der Waals surface area contributed by atoms with E-state index in [0.29, 0.717) is 19.7 Å². The molecule has 36 heavy (non-hydrogen) atoms. The third kappa shape index (κ3) is 4.55. The number of hydrogen-bond acceptors (Lipinski definition) is 6. The van der Waals surface area contributed by atoms with Gasteiger partial charge in [0.25, 0.3) is 0 Å².